The first kappa shape index (κ1) is 15.3. The molecule has 20 heavy (non-hydrogen) atoms. The smallest absolute Gasteiger partial charge is 0.316 e. The maximum Gasteiger partial charge on any atom is 0.316 e. The van der Waals surface area contributed by atoms with E-state index in [-0.39, 0.29) is 18.2 Å². The molecule has 2 rings (SSSR count). The van der Waals surface area contributed by atoms with Gasteiger partial charge in [-0.3, -0.25) is 14.4 Å². The van der Waals surface area contributed by atoms with Crippen LogP contribution >= 0.6 is 34.4 Å². The minimum atomic E-state index is -0.983. The summed E-state index contributed by atoms with van der Waals surface area (Å²) in [4.78, 5) is 36.2. The van der Waals surface area contributed by atoms with E-state index >= 15 is 0 Å². The van der Waals surface area contributed by atoms with Crippen molar-refractivity contribution in [3.8, 4) is 0 Å². The Bertz CT molecular complexity index is 560. The van der Waals surface area contributed by atoms with Gasteiger partial charge in [-0.15, -0.1) is 11.8 Å². The molecule has 7 heteroatoms. The number of nitrogens with zero attached hydrogens (tertiary/aromatic N) is 1. The van der Waals surface area contributed by atoms with Crippen LogP contribution in [0, 0.1) is 3.57 Å². The Labute approximate surface area is 133 Å². The molecule has 2 amide bonds. The predicted octanol–water partition coefficient (Wildman–Crippen LogP) is 2.13. The number of benzene rings is 1. The molecule has 106 valence electrons. The van der Waals surface area contributed by atoms with Crippen LogP contribution in [-0.4, -0.2) is 33.4 Å². The van der Waals surface area contributed by atoms with Gasteiger partial charge in [0.05, 0.1) is 10.9 Å². The highest BCUT2D eigenvalue weighted by molar-refractivity contribution is 14.1. The number of thioether (sulfide) groups is 1. The van der Waals surface area contributed by atoms with Crippen molar-refractivity contribution >= 4 is 57.8 Å². The Morgan fingerprint density at radius 2 is 2.00 bits per heavy atom. The number of carboxylic acid groups (broad SMARTS) is 1. The first-order chi connectivity index (χ1) is 9.40. The lowest BCUT2D eigenvalue weighted by molar-refractivity contribution is -0.136. The second-order valence-electron chi connectivity index (χ2n) is 4.35. The van der Waals surface area contributed by atoms with Crippen molar-refractivity contribution in [2.24, 2.45) is 0 Å². The second-order valence-corrected chi connectivity index (χ2v) is 7.15. The number of aliphatic carboxylic acids is 1. The molecule has 1 aromatic rings. The summed E-state index contributed by atoms with van der Waals surface area (Å²) < 4.78 is 1.01. The SMILES string of the molecule is CC(SC1CC(=O)N(c2ccc(I)cc2)C1=O)C(=O)O. The molecule has 1 fully saturated rings. The number of hydrogen-bond donors (Lipinski definition) is 1. The third-order valence-electron chi connectivity index (χ3n) is 2.91. The molecule has 0 radical (unpaired) electrons. The van der Waals surface area contributed by atoms with Crippen molar-refractivity contribution in [3.63, 3.8) is 0 Å². The topological polar surface area (TPSA) is 74.7 Å². The number of carbonyl (C=O) groups excluding carboxylic acids is 2. The molecule has 0 aromatic heterocycles. The van der Waals surface area contributed by atoms with E-state index in [1.807, 2.05) is 12.1 Å². The van der Waals surface area contributed by atoms with E-state index in [0.29, 0.717) is 5.69 Å². The predicted molar refractivity (Wildman–Crippen MR) is 84.7 cm³/mol. The highest BCUT2D eigenvalue weighted by Crippen LogP contribution is 2.32. The summed E-state index contributed by atoms with van der Waals surface area (Å²) in [6.45, 7) is 1.51. The van der Waals surface area contributed by atoms with Crippen molar-refractivity contribution in [2.75, 3.05) is 4.90 Å². The third kappa shape index (κ3) is 3.14. The van der Waals surface area contributed by atoms with Crippen molar-refractivity contribution in [2.45, 2.75) is 23.8 Å². The molecule has 1 aliphatic rings. The molecule has 1 aliphatic heterocycles. The van der Waals surface area contributed by atoms with Crippen molar-refractivity contribution in [1.29, 1.82) is 0 Å². The lowest BCUT2D eigenvalue weighted by atomic mass is 10.3. The van der Waals surface area contributed by atoms with Gasteiger partial charge in [-0.05, 0) is 53.8 Å². The molecular formula is C13H12INO4S. The van der Waals surface area contributed by atoms with Crippen LogP contribution < -0.4 is 4.90 Å². The zero-order valence-electron chi connectivity index (χ0n) is 10.6. The Balaban J connectivity index is 2.17. The maximum absolute atomic E-state index is 12.2. The number of halogens is 1. The van der Waals surface area contributed by atoms with Crippen molar-refractivity contribution in [1.82, 2.24) is 0 Å². The van der Waals surface area contributed by atoms with Crippen LogP contribution in [-0.2, 0) is 14.4 Å². The quantitative estimate of drug-likeness (QED) is 0.614. The van der Waals surface area contributed by atoms with E-state index in [9.17, 15) is 14.4 Å². The minimum absolute atomic E-state index is 0.0487. The number of amides is 2. The van der Waals surface area contributed by atoms with Crippen LogP contribution in [0.25, 0.3) is 0 Å². The molecule has 0 bridgehead atoms. The molecule has 2 atom stereocenters. The minimum Gasteiger partial charge on any atom is -0.480 e. The van der Waals surface area contributed by atoms with Gasteiger partial charge in [-0.1, -0.05) is 0 Å². The Morgan fingerprint density at radius 1 is 1.40 bits per heavy atom. The largest absolute Gasteiger partial charge is 0.480 e. The van der Waals surface area contributed by atoms with Crippen LogP contribution in [0.15, 0.2) is 24.3 Å². The van der Waals surface area contributed by atoms with Gasteiger partial charge in [0.15, 0.2) is 0 Å². The van der Waals surface area contributed by atoms with Gasteiger partial charge in [0.2, 0.25) is 11.8 Å². The summed E-state index contributed by atoms with van der Waals surface area (Å²) in [5, 5.41) is 7.54. The number of carbonyl (C=O) groups is 3. The third-order valence-corrected chi connectivity index (χ3v) is 4.93. The molecule has 0 spiro atoms. The summed E-state index contributed by atoms with van der Waals surface area (Å²) in [7, 11) is 0. The summed E-state index contributed by atoms with van der Waals surface area (Å²) in [6, 6.07) is 7.06. The zero-order chi connectivity index (χ0) is 14.9. The van der Waals surface area contributed by atoms with E-state index in [2.05, 4.69) is 22.6 Å². The first-order valence-corrected chi connectivity index (χ1v) is 7.93. The van der Waals surface area contributed by atoms with Crippen LogP contribution in [0.3, 0.4) is 0 Å². The number of hydrogen-bond acceptors (Lipinski definition) is 4. The molecule has 0 saturated carbocycles. The van der Waals surface area contributed by atoms with Crippen LogP contribution in [0.2, 0.25) is 0 Å². The molecule has 5 nitrogen and oxygen atoms in total. The van der Waals surface area contributed by atoms with Crippen molar-refractivity contribution < 1.29 is 19.5 Å². The summed E-state index contributed by atoms with van der Waals surface area (Å²) in [6.07, 6.45) is 0.0487. The molecule has 1 heterocycles. The molecule has 1 N–H and O–H groups in total. The van der Waals surface area contributed by atoms with E-state index in [0.717, 1.165) is 20.2 Å². The average molecular weight is 405 g/mol. The molecule has 1 aromatic carbocycles. The van der Waals surface area contributed by atoms with E-state index < -0.39 is 16.5 Å². The average Bonchev–Trinajstić information content (AvgIpc) is 2.66. The van der Waals surface area contributed by atoms with Gasteiger partial charge in [0.25, 0.3) is 0 Å². The molecule has 2 unspecified atom stereocenters. The lowest BCUT2D eigenvalue weighted by Crippen LogP contribution is -2.31. The first-order valence-electron chi connectivity index (χ1n) is 5.91. The fourth-order valence-corrected chi connectivity index (χ4v) is 3.31. The van der Waals surface area contributed by atoms with Crippen LogP contribution in [0.5, 0.6) is 0 Å². The molecule has 0 aliphatic carbocycles. The van der Waals surface area contributed by atoms with Crippen LogP contribution in [0.1, 0.15) is 13.3 Å². The summed E-state index contributed by atoms with van der Waals surface area (Å²) in [5.74, 6) is -1.61. The number of imide groups is 1. The summed E-state index contributed by atoms with van der Waals surface area (Å²) in [5.41, 5.74) is 0.534. The maximum atomic E-state index is 12.2. The van der Waals surface area contributed by atoms with Gasteiger partial charge in [0, 0.05) is 9.99 Å². The van der Waals surface area contributed by atoms with Gasteiger partial charge in [-0.2, -0.15) is 0 Å². The normalized spacial score (nSPS) is 20.3. The fourth-order valence-electron chi connectivity index (χ4n) is 1.88. The number of rotatable bonds is 4. The van der Waals surface area contributed by atoms with E-state index in [1.54, 1.807) is 12.1 Å². The monoisotopic (exact) mass is 405 g/mol. The van der Waals surface area contributed by atoms with E-state index in [4.69, 9.17) is 5.11 Å². The van der Waals surface area contributed by atoms with Gasteiger partial charge >= 0.3 is 5.97 Å². The standard InChI is InChI=1S/C13H12INO4S/c1-7(13(18)19)20-10-6-11(16)15(12(10)17)9-4-2-8(14)3-5-9/h2-5,7,10H,6H2,1H3,(H,18,19). The molecule has 1 saturated heterocycles. The van der Waals surface area contributed by atoms with Gasteiger partial charge < -0.3 is 5.11 Å². The second kappa shape index (κ2) is 6.13. The number of anilines is 1. The zero-order valence-corrected chi connectivity index (χ0v) is 13.6. The Hall–Kier alpha value is -1.09. The highest BCUT2D eigenvalue weighted by atomic mass is 127. The molecular weight excluding hydrogens is 393 g/mol. The van der Waals surface area contributed by atoms with Gasteiger partial charge in [0.1, 0.15) is 5.25 Å². The van der Waals surface area contributed by atoms with Crippen LogP contribution in [0.4, 0.5) is 5.69 Å². The Kier molecular flexibility index (Phi) is 4.69. The lowest BCUT2D eigenvalue weighted by Gasteiger charge is -2.15. The Morgan fingerprint density at radius 3 is 2.55 bits per heavy atom. The van der Waals surface area contributed by atoms with Crippen molar-refractivity contribution in [3.05, 3.63) is 27.8 Å². The number of carboxylic acids is 1. The summed E-state index contributed by atoms with van der Waals surface area (Å²) >= 11 is 3.16. The fraction of sp³-hybridized carbons (Fsp3) is 0.308. The highest BCUT2D eigenvalue weighted by Gasteiger charge is 2.41. The van der Waals surface area contributed by atoms with E-state index in [1.165, 1.54) is 6.92 Å². The van der Waals surface area contributed by atoms with Gasteiger partial charge in [-0.25, -0.2) is 4.90 Å².